The van der Waals surface area contributed by atoms with Crippen LogP contribution in [0.4, 0.5) is 0 Å². The molecule has 3 rings (SSSR count). The van der Waals surface area contributed by atoms with Crippen LogP contribution in [0.2, 0.25) is 0 Å². The minimum absolute atomic E-state index is 0.675. The van der Waals surface area contributed by atoms with E-state index in [1.807, 2.05) is 0 Å². The van der Waals surface area contributed by atoms with Crippen LogP contribution in [0.1, 0.15) is 23.4 Å². The number of aromatic nitrogens is 2. The Balaban J connectivity index is 1.70. The molecule has 0 aliphatic carbocycles. The van der Waals surface area contributed by atoms with Gasteiger partial charge in [0.15, 0.2) is 0 Å². The van der Waals surface area contributed by atoms with Gasteiger partial charge in [-0.15, -0.1) is 0 Å². The molecular formula is C16H23N3O. The van der Waals surface area contributed by atoms with Crippen molar-refractivity contribution in [2.24, 2.45) is 5.92 Å². The Bertz CT molecular complexity index is 560. The number of fused-ring (bicyclic) bond motifs is 1. The van der Waals surface area contributed by atoms with Crippen LogP contribution in [0, 0.1) is 19.8 Å². The summed E-state index contributed by atoms with van der Waals surface area (Å²) in [4.78, 5) is 10.5. The third-order valence-electron chi connectivity index (χ3n) is 4.16. The molecule has 1 saturated heterocycles. The first-order chi connectivity index (χ1) is 9.61. The van der Waals surface area contributed by atoms with Crippen LogP contribution in [0.25, 0.3) is 11.0 Å². The maximum Gasteiger partial charge on any atom is 0.121 e. The van der Waals surface area contributed by atoms with Crippen molar-refractivity contribution in [3.05, 3.63) is 29.1 Å². The third-order valence-corrected chi connectivity index (χ3v) is 4.16. The van der Waals surface area contributed by atoms with Crippen molar-refractivity contribution in [3.63, 3.8) is 0 Å². The number of imidazole rings is 1. The molecule has 1 aliphatic heterocycles. The van der Waals surface area contributed by atoms with Crippen molar-refractivity contribution in [1.82, 2.24) is 14.9 Å². The molecule has 2 heterocycles. The van der Waals surface area contributed by atoms with E-state index >= 15 is 0 Å². The van der Waals surface area contributed by atoms with E-state index in [1.54, 1.807) is 0 Å². The fraction of sp³-hybridized carbons (Fsp3) is 0.562. The summed E-state index contributed by atoms with van der Waals surface area (Å²) in [5, 5.41) is 0. The number of H-pyrrole nitrogens is 1. The second-order valence-electron chi connectivity index (χ2n) is 6.06. The highest BCUT2D eigenvalue weighted by atomic mass is 16.5. The van der Waals surface area contributed by atoms with Crippen molar-refractivity contribution in [3.8, 4) is 0 Å². The lowest BCUT2D eigenvalue weighted by atomic mass is 10.1. The minimum Gasteiger partial charge on any atom is -0.381 e. The molecule has 1 aromatic carbocycles. The standard InChI is InChI=1S/C16H23N3O/c1-11-6-14-15(7-12(11)2)18-16(17-14)9-19(3)8-13-4-5-20-10-13/h6-7,13H,4-5,8-10H2,1-3H3,(H,17,18)/t13-/m0/s1. The zero-order chi connectivity index (χ0) is 14.1. The monoisotopic (exact) mass is 273 g/mol. The van der Waals surface area contributed by atoms with Crippen molar-refractivity contribution >= 4 is 11.0 Å². The summed E-state index contributed by atoms with van der Waals surface area (Å²) < 4.78 is 5.43. The molecule has 1 aliphatic rings. The van der Waals surface area contributed by atoms with Gasteiger partial charge in [0, 0.05) is 13.2 Å². The summed E-state index contributed by atoms with van der Waals surface area (Å²) in [7, 11) is 2.15. The van der Waals surface area contributed by atoms with Gasteiger partial charge in [0.2, 0.25) is 0 Å². The van der Waals surface area contributed by atoms with Gasteiger partial charge in [0.05, 0.1) is 24.2 Å². The van der Waals surface area contributed by atoms with E-state index in [1.165, 1.54) is 17.5 Å². The minimum atomic E-state index is 0.675. The highest BCUT2D eigenvalue weighted by Gasteiger charge is 2.18. The predicted molar refractivity (Wildman–Crippen MR) is 80.8 cm³/mol. The summed E-state index contributed by atoms with van der Waals surface area (Å²) in [6, 6.07) is 4.35. The first-order valence-electron chi connectivity index (χ1n) is 7.34. The molecule has 0 bridgehead atoms. The molecule has 1 atom stereocenters. The molecule has 0 unspecified atom stereocenters. The molecule has 2 aromatic rings. The number of aromatic amines is 1. The summed E-state index contributed by atoms with van der Waals surface area (Å²) >= 11 is 0. The van der Waals surface area contributed by atoms with Crippen LogP contribution in [-0.2, 0) is 11.3 Å². The summed E-state index contributed by atoms with van der Waals surface area (Å²) in [5.74, 6) is 1.72. The lowest BCUT2D eigenvalue weighted by molar-refractivity contribution is 0.172. The van der Waals surface area contributed by atoms with Crippen molar-refractivity contribution < 1.29 is 4.74 Å². The molecule has 0 radical (unpaired) electrons. The van der Waals surface area contributed by atoms with E-state index in [0.29, 0.717) is 5.92 Å². The number of hydrogen-bond acceptors (Lipinski definition) is 3. The number of benzene rings is 1. The summed E-state index contributed by atoms with van der Waals surface area (Å²) in [5.41, 5.74) is 4.82. The molecule has 1 aromatic heterocycles. The van der Waals surface area contributed by atoms with Gasteiger partial charge in [-0.1, -0.05) is 0 Å². The van der Waals surface area contributed by atoms with Crippen LogP contribution < -0.4 is 0 Å². The number of aryl methyl sites for hydroxylation is 2. The molecule has 0 spiro atoms. The van der Waals surface area contributed by atoms with Gasteiger partial charge in [-0.2, -0.15) is 0 Å². The van der Waals surface area contributed by atoms with Gasteiger partial charge >= 0.3 is 0 Å². The molecule has 1 fully saturated rings. The normalized spacial score (nSPS) is 19.3. The molecule has 4 heteroatoms. The first-order valence-corrected chi connectivity index (χ1v) is 7.34. The van der Waals surface area contributed by atoms with E-state index in [-0.39, 0.29) is 0 Å². The van der Waals surface area contributed by atoms with E-state index < -0.39 is 0 Å². The second-order valence-corrected chi connectivity index (χ2v) is 6.06. The Labute approximate surface area is 120 Å². The smallest absolute Gasteiger partial charge is 0.121 e. The number of hydrogen-bond donors (Lipinski definition) is 1. The van der Waals surface area contributed by atoms with Gasteiger partial charge in [0.25, 0.3) is 0 Å². The van der Waals surface area contributed by atoms with Gasteiger partial charge in [-0.05, 0) is 56.5 Å². The summed E-state index contributed by atoms with van der Waals surface area (Å²) in [6.07, 6.45) is 1.18. The zero-order valence-corrected chi connectivity index (χ0v) is 12.6. The molecule has 0 saturated carbocycles. The lowest BCUT2D eigenvalue weighted by Crippen LogP contribution is -2.26. The quantitative estimate of drug-likeness (QED) is 0.931. The van der Waals surface area contributed by atoms with E-state index in [9.17, 15) is 0 Å². The molecule has 20 heavy (non-hydrogen) atoms. The fourth-order valence-corrected chi connectivity index (χ4v) is 2.89. The summed E-state index contributed by atoms with van der Waals surface area (Å²) in [6.45, 7) is 8.04. The zero-order valence-electron chi connectivity index (χ0n) is 12.6. The van der Waals surface area contributed by atoms with Crippen LogP contribution in [0.5, 0.6) is 0 Å². The number of nitrogens with one attached hydrogen (secondary N) is 1. The molecule has 4 nitrogen and oxygen atoms in total. The molecular weight excluding hydrogens is 250 g/mol. The average molecular weight is 273 g/mol. The molecule has 0 amide bonds. The number of rotatable bonds is 4. The van der Waals surface area contributed by atoms with Crippen LogP contribution in [0.15, 0.2) is 12.1 Å². The molecule has 108 valence electrons. The van der Waals surface area contributed by atoms with Crippen molar-refractivity contribution in [2.45, 2.75) is 26.8 Å². The first kappa shape index (κ1) is 13.6. The maximum atomic E-state index is 5.43. The van der Waals surface area contributed by atoms with Gasteiger partial charge in [-0.3, -0.25) is 4.90 Å². The van der Waals surface area contributed by atoms with E-state index in [0.717, 1.165) is 43.2 Å². The van der Waals surface area contributed by atoms with E-state index in [2.05, 4.69) is 42.9 Å². The Morgan fingerprint density at radius 1 is 1.35 bits per heavy atom. The Morgan fingerprint density at radius 3 is 2.90 bits per heavy atom. The van der Waals surface area contributed by atoms with Crippen molar-refractivity contribution in [1.29, 1.82) is 0 Å². The SMILES string of the molecule is Cc1cc2nc(CN(C)C[C@@H]3CCOC3)[nH]c2cc1C. The van der Waals surface area contributed by atoms with Gasteiger partial charge in [0.1, 0.15) is 5.82 Å². The highest BCUT2D eigenvalue weighted by molar-refractivity contribution is 5.77. The maximum absolute atomic E-state index is 5.43. The average Bonchev–Trinajstić information content (AvgIpc) is 2.99. The lowest BCUT2D eigenvalue weighted by Gasteiger charge is -2.18. The van der Waals surface area contributed by atoms with Crippen LogP contribution in [-0.4, -0.2) is 41.7 Å². The Kier molecular flexibility index (Phi) is 3.76. The predicted octanol–water partition coefficient (Wildman–Crippen LogP) is 2.65. The fourth-order valence-electron chi connectivity index (χ4n) is 2.89. The van der Waals surface area contributed by atoms with Gasteiger partial charge < -0.3 is 9.72 Å². The Hall–Kier alpha value is -1.39. The topological polar surface area (TPSA) is 41.2 Å². The largest absolute Gasteiger partial charge is 0.381 e. The van der Waals surface area contributed by atoms with Crippen LogP contribution in [0.3, 0.4) is 0 Å². The highest BCUT2D eigenvalue weighted by Crippen LogP contribution is 2.18. The Morgan fingerprint density at radius 2 is 2.15 bits per heavy atom. The second kappa shape index (κ2) is 5.54. The molecule has 1 N–H and O–H groups in total. The van der Waals surface area contributed by atoms with Gasteiger partial charge in [-0.25, -0.2) is 4.98 Å². The van der Waals surface area contributed by atoms with E-state index in [4.69, 9.17) is 9.72 Å². The number of nitrogens with zero attached hydrogens (tertiary/aromatic N) is 2. The third kappa shape index (κ3) is 2.86. The van der Waals surface area contributed by atoms with Crippen molar-refractivity contribution in [2.75, 3.05) is 26.8 Å². The van der Waals surface area contributed by atoms with Crippen LogP contribution >= 0.6 is 0 Å². The number of ether oxygens (including phenoxy) is 1.